The highest BCUT2D eigenvalue weighted by molar-refractivity contribution is 4.82. The molecule has 0 aliphatic carbocycles. The van der Waals surface area contributed by atoms with E-state index in [1.54, 1.807) is 12.3 Å². The van der Waals surface area contributed by atoms with E-state index < -0.39 is 0 Å². The summed E-state index contributed by atoms with van der Waals surface area (Å²) in [4.78, 5) is 14.8. The van der Waals surface area contributed by atoms with Crippen molar-refractivity contribution in [1.29, 1.82) is 0 Å². The monoisotopic (exact) mass is 181 g/mol. The molecule has 0 aliphatic heterocycles. The van der Waals surface area contributed by atoms with Crippen molar-refractivity contribution in [2.75, 3.05) is 0 Å². The quantitative estimate of drug-likeness (QED) is 0.726. The predicted octanol–water partition coefficient (Wildman–Crippen LogP) is 0.227. The second-order valence-electron chi connectivity index (χ2n) is 3.46. The molecule has 1 rings (SSSR count). The van der Waals surface area contributed by atoms with Crippen LogP contribution in [-0.4, -0.2) is 15.6 Å². The Morgan fingerprint density at radius 2 is 2.31 bits per heavy atom. The average Bonchev–Trinajstić information content (AvgIpc) is 2.08. The van der Waals surface area contributed by atoms with Gasteiger partial charge in [0.25, 0.3) is 0 Å². The number of nitrogens with two attached hydrogens (primary N) is 1. The van der Waals surface area contributed by atoms with Gasteiger partial charge < -0.3 is 5.73 Å². The van der Waals surface area contributed by atoms with Crippen molar-refractivity contribution in [3.05, 3.63) is 28.9 Å². The van der Waals surface area contributed by atoms with Gasteiger partial charge in [0.15, 0.2) is 0 Å². The SMILES string of the molecule is CC(C)C(N)Cn1cccnc1=O. The maximum Gasteiger partial charge on any atom is 0.347 e. The molecule has 72 valence electrons. The number of hydrogen-bond donors (Lipinski definition) is 1. The van der Waals surface area contributed by atoms with Gasteiger partial charge in [0.1, 0.15) is 0 Å². The third kappa shape index (κ3) is 2.66. The lowest BCUT2D eigenvalue weighted by Gasteiger charge is -2.15. The molecule has 0 aliphatic rings. The Bertz CT molecular complexity index is 319. The van der Waals surface area contributed by atoms with Gasteiger partial charge in [0, 0.05) is 25.0 Å². The number of rotatable bonds is 3. The Balaban J connectivity index is 2.75. The Labute approximate surface area is 77.4 Å². The molecule has 0 bridgehead atoms. The molecule has 1 heterocycles. The van der Waals surface area contributed by atoms with Crippen molar-refractivity contribution in [3.63, 3.8) is 0 Å². The lowest BCUT2D eigenvalue weighted by molar-refractivity contribution is 0.424. The molecule has 1 aromatic rings. The van der Waals surface area contributed by atoms with E-state index in [1.807, 2.05) is 13.8 Å². The first-order valence-corrected chi connectivity index (χ1v) is 4.38. The lowest BCUT2D eigenvalue weighted by atomic mass is 10.1. The van der Waals surface area contributed by atoms with Gasteiger partial charge in [-0.3, -0.25) is 4.57 Å². The van der Waals surface area contributed by atoms with Crippen molar-refractivity contribution in [2.24, 2.45) is 11.7 Å². The summed E-state index contributed by atoms with van der Waals surface area (Å²) in [6, 6.07) is 1.73. The standard InChI is InChI=1S/C9H15N3O/c1-7(2)8(10)6-12-5-3-4-11-9(12)13/h3-5,7-8H,6,10H2,1-2H3. The Morgan fingerprint density at radius 1 is 1.62 bits per heavy atom. The minimum atomic E-state index is -0.237. The van der Waals surface area contributed by atoms with Crippen molar-refractivity contribution in [1.82, 2.24) is 9.55 Å². The maximum absolute atomic E-state index is 11.2. The number of aromatic nitrogens is 2. The molecule has 4 heteroatoms. The first-order valence-electron chi connectivity index (χ1n) is 4.38. The van der Waals surface area contributed by atoms with Crippen molar-refractivity contribution >= 4 is 0 Å². The molecular weight excluding hydrogens is 166 g/mol. The van der Waals surface area contributed by atoms with E-state index in [4.69, 9.17) is 5.73 Å². The van der Waals surface area contributed by atoms with Crippen molar-refractivity contribution in [3.8, 4) is 0 Å². The van der Waals surface area contributed by atoms with Crippen LogP contribution in [0.5, 0.6) is 0 Å². The third-order valence-corrected chi connectivity index (χ3v) is 2.05. The highest BCUT2D eigenvalue weighted by Crippen LogP contribution is 1.99. The van der Waals surface area contributed by atoms with Gasteiger partial charge in [-0.05, 0) is 12.0 Å². The minimum Gasteiger partial charge on any atom is -0.326 e. The molecule has 2 N–H and O–H groups in total. The van der Waals surface area contributed by atoms with E-state index in [9.17, 15) is 4.79 Å². The van der Waals surface area contributed by atoms with Gasteiger partial charge in [0.2, 0.25) is 0 Å². The van der Waals surface area contributed by atoms with Crippen LogP contribution in [0.1, 0.15) is 13.8 Å². The molecular formula is C9H15N3O. The van der Waals surface area contributed by atoms with Crippen LogP contribution in [0.15, 0.2) is 23.3 Å². The topological polar surface area (TPSA) is 60.9 Å². The van der Waals surface area contributed by atoms with Gasteiger partial charge >= 0.3 is 5.69 Å². The van der Waals surface area contributed by atoms with Crippen molar-refractivity contribution < 1.29 is 0 Å². The van der Waals surface area contributed by atoms with Crippen LogP contribution in [0.3, 0.4) is 0 Å². The van der Waals surface area contributed by atoms with Crippen LogP contribution in [0.25, 0.3) is 0 Å². The van der Waals surface area contributed by atoms with E-state index in [1.165, 1.54) is 10.8 Å². The highest BCUT2D eigenvalue weighted by atomic mass is 16.1. The van der Waals surface area contributed by atoms with Crippen LogP contribution in [0.4, 0.5) is 0 Å². The van der Waals surface area contributed by atoms with Gasteiger partial charge in [-0.1, -0.05) is 13.8 Å². The summed E-state index contributed by atoms with van der Waals surface area (Å²) < 4.78 is 1.53. The van der Waals surface area contributed by atoms with Crippen LogP contribution in [0.2, 0.25) is 0 Å². The van der Waals surface area contributed by atoms with Gasteiger partial charge in [-0.2, -0.15) is 0 Å². The zero-order valence-electron chi connectivity index (χ0n) is 7.97. The van der Waals surface area contributed by atoms with Gasteiger partial charge in [-0.25, -0.2) is 9.78 Å². The minimum absolute atomic E-state index is 0.00176. The normalized spacial score (nSPS) is 13.2. The Kier molecular flexibility index (Phi) is 3.19. The second kappa shape index (κ2) is 4.18. The van der Waals surface area contributed by atoms with Gasteiger partial charge in [0.05, 0.1) is 0 Å². The maximum atomic E-state index is 11.2. The third-order valence-electron chi connectivity index (χ3n) is 2.05. The second-order valence-corrected chi connectivity index (χ2v) is 3.46. The van der Waals surface area contributed by atoms with Crippen LogP contribution in [0, 0.1) is 5.92 Å². The molecule has 13 heavy (non-hydrogen) atoms. The first kappa shape index (κ1) is 9.92. The molecule has 1 aromatic heterocycles. The van der Waals surface area contributed by atoms with Gasteiger partial charge in [-0.15, -0.1) is 0 Å². The Hall–Kier alpha value is -1.16. The van der Waals surface area contributed by atoms with E-state index in [0.717, 1.165) is 0 Å². The van der Waals surface area contributed by atoms with Crippen LogP contribution >= 0.6 is 0 Å². The van der Waals surface area contributed by atoms with E-state index in [2.05, 4.69) is 4.98 Å². The summed E-state index contributed by atoms with van der Waals surface area (Å²) in [6.45, 7) is 4.60. The Morgan fingerprint density at radius 3 is 2.85 bits per heavy atom. The summed E-state index contributed by atoms with van der Waals surface area (Å²) >= 11 is 0. The van der Waals surface area contributed by atoms with Crippen LogP contribution < -0.4 is 11.4 Å². The summed E-state index contributed by atoms with van der Waals surface area (Å²) in [5.41, 5.74) is 5.59. The molecule has 4 nitrogen and oxygen atoms in total. The number of hydrogen-bond acceptors (Lipinski definition) is 3. The fourth-order valence-electron chi connectivity index (χ4n) is 0.964. The average molecular weight is 181 g/mol. The fourth-order valence-corrected chi connectivity index (χ4v) is 0.964. The summed E-state index contributed by atoms with van der Waals surface area (Å²) in [6.07, 6.45) is 3.19. The molecule has 0 aromatic carbocycles. The molecule has 0 saturated heterocycles. The molecule has 1 unspecified atom stereocenters. The predicted molar refractivity (Wildman–Crippen MR) is 51.3 cm³/mol. The first-order chi connectivity index (χ1) is 6.11. The molecule has 0 spiro atoms. The smallest absolute Gasteiger partial charge is 0.326 e. The molecule has 1 atom stereocenters. The van der Waals surface area contributed by atoms with E-state index in [0.29, 0.717) is 12.5 Å². The largest absolute Gasteiger partial charge is 0.347 e. The summed E-state index contributed by atoms with van der Waals surface area (Å²) in [5, 5.41) is 0. The van der Waals surface area contributed by atoms with Crippen molar-refractivity contribution in [2.45, 2.75) is 26.4 Å². The molecule has 0 radical (unpaired) electrons. The zero-order chi connectivity index (χ0) is 9.84. The fraction of sp³-hybridized carbons (Fsp3) is 0.556. The highest BCUT2D eigenvalue weighted by Gasteiger charge is 2.08. The van der Waals surface area contributed by atoms with E-state index in [-0.39, 0.29) is 11.7 Å². The summed E-state index contributed by atoms with van der Waals surface area (Å²) in [7, 11) is 0. The number of nitrogens with zero attached hydrogens (tertiary/aromatic N) is 2. The molecule has 0 fully saturated rings. The molecule has 0 saturated carbocycles. The zero-order valence-corrected chi connectivity index (χ0v) is 7.97. The molecule has 0 amide bonds. The van der Waals surface area contributed by atoms with Crippen LogP contribution in [-0.2, 0) is 6.54 Å². The summed E-state index contributed by atoms with van der Waals surface area (Å²) in [5.74, 6) is 0.368. The lowest BCUT2D eigenvalue weighted by Crippen LogP contribution is -2.36. The van der Waals surface area contributed by atoms with E-state index >= 15 is 0 Å².